The summed E-state index contributed by atoms with van der Waals surface area (Å²) in [6, 6.07) is 4.39. The third-order valence-electron chi connectivity index (χ3n) is 2.59. The molecule has 2 rings (SSSR count). The van der Waals surface area contributed by atoms with E-state index in [-0.39, 0.29) is 16.7 Å². The van der Waals surface area contributed by atoms with E-state index in [0.29, 0.717) is 0 Å². The molecule has 0 bridgehead atoms. The molecule has 2 nitrogen and oxygen atoms in total. The fourth-order valence-electron chi connectivity index (χ4n) is 1.74. The van der Waals surface area contributed by atoms with E-state index in [9.17, 15) is 17.6 Å². The number of alkyl halides is 3. The van der Waals surface area contributed by atoms with Crippen LogP contribution >= 0.6 is 0 Å². The van der Waals surface area contributed by atoms with Crippen molar-refractivity contribution < 1.29 is 22.7 Å². The Kier molecular flexibility index (Phi) is 3.53. The van der Waals surface area contributed by atoms with Crippen LogP contribution in [0.3, 0.4) is 0 Å². The Morgan fingerprint density at radius 1 is 1.11 bits per heavy atom. The van der Waals surface area contributed by atoms with Crippen molar-refractivity contribution in [2.24, 2.45) is 0 Å². The van der Waals surface area contributed by atoms with Crippen LogP contribution in [0.25, 0.3) is 11.1 Å². The number of nitrogens with zero attached hydrogens (tertiary/aromatic N) is 1. The average molecular weight is 271 g/mol. The molecule has 0 atom stereocenters. The smallest absolute Gasteiger partial charge is 0.392 e. The van der Waals surface area contributed by atoms with Crippen molar-refractivity contribution in [1.29, 1.82) is 0 Å². The van der Waals surface area contributed by atoms with Crippen molar-refractivity contribution in [2.75, 3.05) is 0 Å². The van der Waals surface area contributed by atoms with Crippen molar-refractivity contribution >= 4 is 0 Å². The number of rotatable bonds is 2. The van der Waals surface area contributed by atoms with Crippen LogP contribution in [0.5, 0.6) is 0 Å². The minimum atomic E-state index is -4.59. The number of hydrogen-bond acceptors (Lipinski definition) is 2. The minimum Gasteiger partial charge on any atom is -0.392 e. The van der Waals surface area contributed by atoms with Gasteiger partial charge in [0.15, 0.2) is 0 Å². The minimum absolute atomic E-state index is 0.0387. The van der Waals surface area contributed by atoms with Gasteiger partial charge in [0.2, 0.25) is 0 Å². The molecule has 19 heavy (non-hydrogen) atoms. The number of pyridine rings is 1. The summed E-state index contributed by atoms with van der Waals surface area (Å²) in [7, 11) is 0. The van der Waals surface area contributed by atoms with Crippen LogP contribution in [0, 0.1) is 5.82 Å². The second kappa shape index (κ2) is 4.97. The van der Waals surface area contributed by atoms with E-state index in [1.807, 2.05) is 0 Å². The third-order valence-corrected chi connectivity index (χ3v) is 2.59. The molecule has 0 aliphatic rings. The number of hydrogen-bond donors (Lipinski definition) is 1. The zero-order valence-electron chi connectivity index (χ0n) is 9.58. The molecule has 100 valence electrons. The lowest BCUT2D eigenvalue weighted by Crippen LogP contribution is -2.08. The molecule has 1 heterocycles. The van der Waals surface area contributed by atoms with E-state index in [1.165, 1.54) is 12.1 Å². The van der Waals surface area contributed by atoms with Gasteiger partial charge in [-0.2, -0.15) is 13.2 Å². The maximum atomic E-state index is 13.0. The highest BCUT2D eigenvalue weighted by Gasteiger charge is 2.34. The van der Waals surface area contributed by atoms with Crippen molar-refractivity contribution in [2.45, 2.75) is 12.8 Å². The fourth-order valence-corrected chi connectivity index (χ4v) is 1.74. The Hall–Kier alpha value is -1.95. The Labute approximate surface area is 106 Å². The number of aromatic nitrogens is 1. The Morgan fingerprint density at radius 3 is 2.42 bits per heavy atom. The lowest BCUT2D eigenvalue weighted by Gasteiger charge is -2.14. The number of benzene rings is 1. The van der Waals surface area contributed by atoms with Crippen LogP contribution in [0.1, 0.15) is 11.1 Å². The van der Waals surface area contributed by atoms with Gasteiger partial charge >= 0.3 is 6.18 Å². The normalized spacial score (nSPS) is 11.6. The summed E-state index contributed by atoms with van der Waals surface area (Å²) in [5.41, 5.74) is -0.916. The zero-order valence-corrected chi connectivity index (χ0v) is 9.58. The lowest BCUT2D eigenvalue weighted by molar-refractivity contribution is -0.137. The van der Waals surface area contributed by atoms with Crippen molar-refractivity contribution in [1.82, 2.24) is 4.98 Å². The highest BCUT2D eigenvalue weighted by Crippen LogP contribution is 2.37. The average Bonchev–Trinajstić information content (AvgIpc) is 2.37. The van der Waals surface area contributed by atoms with Gasteiger partial charge in [-0.25, -0.2) is 4.39 Å². The molecule has 0 saturated carbocycles. The zero-order chi connectivity index (χ0) is 14.0. The van der Waals surface area contributed by atoms with Gasteiger partial charge in [0, 0.05) is 11.8 Å². The predicted octanol–water partition coefficient (Wildman–Crippen LogP) is 3.40. The van der Waals surface area contributed by atoms with E-state index >= 15 is 0 Å². The molecule has 1 aromatic carbocycles. The molecule has 1 aromatic heterocycles. The maximum absolute atomic E-state index is 13.0. The van der Waals surface area contributed by atoms with Crippen LogP contribution in [0.4, 0.5) is 17.6 Å². The van der Waals surface area contributed by atoms with E-state index in [1.54, 1.807) is 0 Å². The van der Waals surface area contributed by atoms with Crippen LogP contribution in [0.2, 0.25) is 0 Å². The third kappa shape index (κ3) is 2.90. The van der Waals surface area contributed by atoms with Gasteiger partial charge in [-0.15, -0.1) is 0 Å². The van der Waals surface area contributed by atoms with E-state index in [2.05, 4.69) is 4.98 Å². The number of aliphatic hydroxyl groups is 1. The summed E-state index contributed by atoms with van der Waals surface area (Å²) in [5.74, 6) is -0.711. The Bertz CT molecular complexity index is 595. The van der Waals surface area contributed by atoms with Gasteiger partial charge in [0.05, 0.1) is 18.4 Å². The van der Waals surface area contributed by atoms with E-state index < -0.39 is 24.2 Å². The largest absolute Gasteiger partial charge is 0.417 e. The van der Waals surface area contributed by atoms with Gasteiger partial charge in [0.25, 0.3) is 0 Å². The molecule has 0 amide bonds. The summed E-state index contributed by atoms with van der Waals surface area (Å²) < 4.78 is 51.9. The number of aliphatic hydroxyl groups excluding tert-OH is 1. The quantitative estimate of drug-likeness (QED) is 0.849. The van der Waals surface area contributed by atoms with E-state index in [0.717, 1.165) is 24.5 Å². The topological polar surface area (TPSA) is 33.1 Å². The highest BCUT2D eigenvalue weighted by atomic mass is 19.4. The van der Waals surface area contributed by atoms with Crippen molar-refractivity contribution in [3.05, 3.63) is 53.6 Å². The van der Waals surface area contributed by atoms with Gasteiger partial charge in [-0.3, -0.25) is 4.98 Å². The van der Waals surface area contributed by atoms with Crippen molar-refractivity contribution in [3.8, 4) is 11.1 Å². The monoisotopic (exact) mass is 271 g/mol. The highest BCUT2D eigenvalue weighted by molar-refractivity contribution is 5.67. The predicted molar refractivity (Wildman–Crippen MR) is 60.6 cm³/mol. The molecular weight excluding hydrogens is 262 g/mol. The molecule has 0 saturated heterocycles. The Morgan fingerprint density at radius 2 is 1.84 bits per heavy atom. The molecule has 0 radical (unpaired) electrons. The summed E-state index contributed by atoms with van der Waals surface area (Å²) in [6.45, 7) is -0.495. The standard InChI is InChI=1S/C13H9F4NO/c14-10-4-9(5-18-6-10)11-2-1-8(7-19)3-12(11)13(15,16)17/h1-6,19H,7H2. The first-order valence-electron chi connectivity index (χ1n) is 5.33. The molecule has 6 heteroatoms. The molecule has 0 fully saturated rings. The first-order chi connectivity index (χ1) is 8.91. The van der Waals surface area contributed by atoms with Gasteiger partial charge in [0.1, 0.15) is 5.82 Å². The van der Waals surface area contributed by atoms with Gasteiger partial charge in [-0.1, -0.05) is 12.1 Å². The van der Waals surface area contributed by atoms with Gasteiger partial charge in [-0.05, 0) is 23.3 Å². The molecular formula is C13H9F4NO. The molecule has 2 aromatic rings. The molecule has 1 N–H and O–H groups in total. The summed E-state index contributed by atoms with van der Waals surface area (Å²) in [6.07, 6.45) is -2.52. The second-order valence-electron chi connectivity index (χ2n) is 3.93. The molecule has 0 spiro atoms. The maximum Gasteiger partial charge on any atom is 0.417 e. The Balaban J connectivity index is 2.63. The fraction of sp³-hybridized carbons (Fsp3) is 0.154. The summed E-state index contributed by atoms with van der Waals surface area (Å²) in [4.78, 5) is 3.53. The van der Waals surface area contributed by atoms with Crippen LogP contribution < -0.4 is 0 Å². The SMILES string of the molecule is OCc1ccc(-c2cncc(F)c2)c(C(F)(F)F)c1. The van der Waals surface area contributed by atoms with Crippen LogP contribution in [-0.4, -0.2) is 10.1 Å². The van der Waals surface area contributed by atoms with E-state index in [4.69, 9.17) is 5.11 Å². The van der Waals surface area contributed by atoms with Crippen LogP contribution in [-0.2, 0) is 12.8 Å². The molecule has 0 unspecified atom stereocenters. The van der Waals surface area contributed by atoms with Crippen molar-refractivity contribution in [3.63, 3.8) is 0 Å². The molecule has 0 aliphatic carbocycles. The summed E-state index contributed by atoms with van der Waals surface area (Å²) in [5, 5.41) is 8.89. The number of halogens is 4. The van der Waals surface area contributed by atoms with Gasteiger partial charge < -0.3 is 5.11 Å². The summed E-state index contributed by atoms with van der Waals surface area (Å²) >= 11 is 0. The first-order valence-corrected chi connectivity index (χ1v) is 5.33. The first kappa shape index (κ1) is 13.5. The van der Waals surface area contributed by atoms with Crippen LogP contribution in [0.15, 0.2) is 36.7 Å². The lowest BCUT2D eigenvalue weighted by atomic mass is 9.98. The second-order valence-corrected chi connectivity index (χ2v) is 3.93. The molecule has 0 aliphatic heterocycles.